The van der Waals surface area contributed by atoms with Crippen molar-refractivity contribution in [2.75, 3.05) is 5.75 Å². The maximum absolute atomic E-state index is 14.1. The number of benzene rings is 4. The van der Waals surface area contributed by atoms with E-state index in [0.717, 1.165) is 35.2 Å². The van der Waals surface area contributed by atoms with Gasteiger partial charge in [-0.1, -0.05) is 153 Å². The molecule has 4 atom stereocenters. The highest BCUT2D eigenvalue weighted by molar-refractivity contribution is 9.09. The highest BCUT2D eigenvalue weighted by Gasteiger charge is 2.53. The van der Waals surface area contributed by atoms with Crippen LogP contribution >= 0.6 is 15.9 Å². The molecule has 0 aliphatic carbocycles. The fourth-order valence-electron chi connectivity index (χ4n) is 5.87. The Morgan fingerprint density at radius 2 is 1.33 bits per heavy atom. The summed E-state index contributed by atoms with van der Waals surface area (Å²) in [4.78, 5) is 0.591. The minimum absolute atomic E-state index is 0.115. The van der Waals surface area contributed by atoms with Gasteiger partial charge in [0.15, 0.2) is 0 Å². The molecule has 0 heterocycles. The summed E-state index contributed by atoms with van der Waals surface area (Å²) in [7, 11) is -8.59. The molecule has 46 heavy (non-hydrogen) atoms. The molecule has 4 rings (SSSR count). The molecule has 0 amide bonds. The number of halogens is 1. The van der Waals surface area contributed by atoms with E-state index in [-0.39, 0.29) is 20.5 Å². The molecule has 0 aliphatic heterocycles. The van der Waals surface area contributed by atoms with E-state index >= 15 is 0 Å². The maximum atomic E-state index is 14.1. The largest absolute Gasteiger partial charge is 0.402 e. The average molecular weight is 741 g/mol. The number of nitrogens with one attached hydrogen (secondary N) is 1. The van der Waals surface area contributed by atoms with Crippen LogP contribution in [0, 0.1) is 6.92 Å². The molecule has 1 N–H and O–H groups in total. The summed E-state index contributed by atoms with van der Waals surface area (Å²) in [5.74, 6) is 0.115. The van der Waals surface area contributed by atoms with E-state index < -0.39 is 41.3 Å². The number of hydrogen-bond acceptors (Lipinski definition) is 4. The zero-order chi connectivity index (χ0) is 33.4. The van der Waals surface area contributed by atoms with Gasteiger partial charge in [0.1, 0.15) is 0 Å². The predicted molar refractivity (Wildman–Crippen MR) is 198 cm³/mol. The van der Waals surface area contributed by atoms with Crippen molar-refractivity contribution in [3.05, 3.63) is 121 Å². The van der Waals surface area contributed by atoms with Crippen LogP contribution in [0.15, 0.2) is 125 Å². The molecule has 246 valence electrons. The second-order valence-corrected chi connectivity index (χ2v) is 21.4. The quantitative estimate of drug-likeness (QED) is 0.102. The molecule has 0 radical (unpaired) electrons. The van der Waals surface area contributed by atoms with E-state index in [0.29, 0.717) is 4.90 Å². The SMILES string of the molecule is CCCC[C@@H](Br)[C@H](NS(=O)(=O)c1ccc(C)cc1)[C@@H](CS(=O)c1ccccc1)O[Si](c1ccccc1)(c1ccccc1)C(C)(C)C. The number of sulfonamides is 1. The van der Waals surface area contributed by atoms with E-state index in [1.807, 2.05) is 73.7 Å². The van der Waals surface area contributed by atoms with Gasteiger partial charge in [0, 0.05) is 9.72 Å². The number of alkyl halides is 1. The number of unbranched alkanes of at least 4 members (excludes halogenated alkanes) is 1. The summed E-state index contributed by atoms with van der Waals surface area (Å²) in [5.41, 5.74) is 0.975. The van der Waals surface area contributed by atoms with Gasteiger partial charge in [0.25, 0.3) is 8.32 Å². The summed E-state index contributed by atoms with van der Waals surface area (Å²) in [6, 6.07) is 36.0. The summed E-state index contributed by atoms with van der Waals surface area (Å²) in [6.07, 6.45) is 1.83. The standard InChI is InChI=1S/C37H46BrNO4S2Si/c1-6-7-23-34(38)36(39-45(41,42)31-26-24-29(2)25-27-31)35(28-44(40)30-17-11-8-12-18-30)43-46(37(3,4)5,32-19-13-9-14-20-32)33-21-15-10-16-22-33/h8-22,24-27,34-36,39H,6-7,23,28H2,1-5H3/t34-,35-,36+,44?/m1/s1. The van der Waals surface area contributed by atoms with Crippen molar-refractivity contribution < 1.29 is 17.1 Å². The van der Waals surface area contributed by atoms with Gasteiger partial charge in [-0.05, 0) is 53.0 Å². The summed E-state index contributed by atoms with van der Waals surface area (Å²) in [6.45, 7) is 10.6. The third-order valence-corrected chi connectivity index (χ3v) is 17.3. The van der Waals surface area contributed by atoms with E-state index in [4.69, 9.17) is 4.43 Å². The summed E-state index contributed by atoms with van der Waals surface area (Å²) < 4.78 is 52.9. The lowest BCUT2D eigenvalue weighted by molar-refractivity contribution is 0.169. The fraction of sp³-hybridized carbons (Fsp3) is 0.351. The third kappa shape index (κ3) is 8.73. The minimum atomic E-state index is -3.96. The second-order valence-electron chi connectivity index (χ2n) is 12.8. The molecule has 0 aliphatic rings. The smallest absolute Gasteiger partial charge is 0.261 e. The first kappa shape index (κ1) is 36.4. The highest BCUT2D eigenvalue weighted by Crippen LogP contribution is 2.39. The lowest BCUT2D eigenvalue weighted by Crippen LogP contribution is -2.70. The Labute approximate surface area is 288 Å². The Morgan fingerprint density at radius 3 is 1.80 bits per heavy atom. The topological polar surface area (TPSA) is 72.5 Å². The Hall–Kier alpha value is -2.40. The molecule has 0 fully saturated rings. The minimum Gasteiger partial charge on any atom is -0.402 e. The number of rotatable bonds is 15. The Bertz CT molecular complexity index is 1610. The molecular weight excluding hydrogens is 695 g/mol. The first-order valence-electron chi connectivity index (χ1n) is 15.8. The van der Waals surface area contributed by atoms with Gasteiger partial charge in [-0.3, -0.25) is 4.21 Å². The van der Waals surface area contributed by atoms with Crippen molar-refractivity contribution in [2.24, 2.45) is 0 Å². The Morgan fingerprint density at radius 1 is 0.826 bits per heavy atom. The van der Waals surface area contributed by atoms with Gasteiger partial charge in [-0.25, -0.2) is 13.1 Å². The summed E-state index contributed by atoms with van der Waals surface area (Å²) >= 11 is 3.91. The monoisotopic (exact) mass is 739 g/mol. The maximum Gasteiger partial charge on any atom is 0.261 e. The van der Waals surface area contributed by atoms with Gasteiger partial charge in [0.2, 0.25) is 10.0 Å². The molecule has 0 bridgehead atoms. The Kier molecular flexibility index (Phi) is 12.8. The van der Waals surface area contributed by atoms with Crippen LogP contribution in [0.4, 0.5) is 0 Å². The van der Waals surface area contributed by atoms with Gasteiger partial charge >= 0.3 is 0 Å². The van der Waals surface area contributed by atoms with Gasteiger partial charge in [-0.2, -0.15) is 0 Å². The zero-order valence-corrected chi connectivity index (χ0v) is 31.6. The van der Waals surface area contributed by atoms with Gasteiger partial charge in [0.05, 0.1) is 33.6 Å². The summed E-state index contributed by atoms with van der Waals surface area (Å²) in [5, 5.41) is 1.78. The molecule has 4 aromatic rings. The lowest BCUT2D eigenvalue weighted by Gasteiger charge is -2.47. The van der Waals surface area contributed by atoms with Crippen LogP contribution in [-0.4, -0.2) is 43.7 Å². The van der Waals surface area contributed by atoms with Crippen LogP contribution in [-0.2, 0) is 25.2 Å². The van der Waals surface area contributed by atoms with Crippen molar-refractivity contribution in [2.45, 2.75) is 85.7 Å². The average Bonchev–Trinajstić information content (AvgIpc) is 3.05. The molecule has 9 heteroatoms. The van der Waals surface area contributed by atoms with Crippen LogP contribution < -0.4 is 15.1 Å². The van der Waals surface area contributed by atoms with Crippen molar-refractivity contribution in [3.8, 4) is 0 Å². The molecule has 5 nitrogen and oxygen atoms in total. The van der Waals surface area contributed by atoms with Crippen LogP contribution in [0.1, 0.15) is 52.5 Å². The van der Waals surface area contributed by atoms with Crippen LogP contribution in [0.5, 0.6) is 0 Å². The van der Waals surface area contributed by atoms with E-state index in [1.165, 1.54) is 0 Å². The molecule has 4 aromatic carbocycles. The van der Waals surface area contributed by atoms with Gasteiger partial charge < -0.3 is 4.43 Å². The third-order valence-electron chi connectivity index (χ3n) is 8.31. The normalized spacial score (nSPS) is 15.2. The van der Waals surface area contributed by atoms with Crippen LogP contribution in [0.2, 0.25) is 5.04 Å². The lowest BCUT2D eigenvalue weighted by atomic mass is 10.1. The first-order valence-corrected chi connectivity index (χ1v) is 21.5. The fourth-order valence-corrected chi connectivity index (χ4v) is 14.2. The highest BCUT2D eigenvalue weighted by atomic mass is 79.9. The van der Waals surface area contributed by atoms with Crippen molar-refractivity contribution in [1.29, 1.82) is 0 Å². The molecule has 0 aromatic heterocycles. The second kappa shape index (κ2) is 16.1. The zero-order valence-electron chi connectivity index (χ0n) is 27.4. The van der Waals surface area contributed by atoms with Gasteiger partial charge in [-0.15, -0.1) is 0 Å². The van der Waals surface area contributed by atoms with E-state index in [1.54, 1.807) is 24.3 Å². The molecule has 1 unspecified atom stereocenters. The Balaban J connectivity index is 1.93. The van der Waals surface area contributed by atoms with E-state index in [9.17, 15) is 12.6 Å². The number of hydrogen-bond donors (Lipinski definition) is 1. The molecular formula is C37H46BrNO4S2Si. The number of aryl methyl sites for hydroxylation is 1. The predicted octanol–water partition coefficient (Wildman–Crippen LogP) is 7.35. The van der Waals surface area contributed by atoms with E-state index in [2.05, 4.69) is 72.6 Å². The first-order chi connectivity index (χ1) is 21.9. The van der Waals surface area contributed by atoms with Crippen LogP contribution in [0.3, 0.4) is 0 Å². The van der Waals surface area contributed by atoms with Crippen LogP contribution in [0.25, 0.3) is 0 Å². The molecule has 0 saturated heterocycles. The molecule has 0 saturated carbocycles. The van der Waals surface area contributed by atoms with Crippen molar-refractivity contribution >= 4 is 55.4 Å². The molecule has 0 spiro atoms. The van der Waals surface area contributed by atoms with Crippen molar-refractivity contribution in [1.82, 2.24) is 4.72 Å². The van der Waals surface area contributed by atoms with Crippen molar-refractivity contribution in [3.63, 3.8) is 0 Å².